The van der Waals surface area contributed by atoms with E-state index in [0.717, 1.165) is 35.3 Å². The fraction of sp³-hybridized carbons (Fsp3) is 0.471. The molecule has 3 aromatic carbocycles. The monoisotopic (exact) mass is 583 g/mol. The molecule has 1 unspecified atom stereocenters. The summed E-state index contributed by atoms with van der Waals surface area (Å²) in [7, 11) is 4.95. The molecular weight excluding hydrogens is 538 g/mol. The fourth-order valence-corrected chi connectivity index (χ4v) is 5.36. The van der Waals surface area contributed by atoms with E-state index in [9.17, 15) is 5.11 Å². The van der Waals surface area contributed by atoms with Crippen LogP contribution in [0.3, 0.4) is 0 Å². The second kappa shape index (κ2) is 17.1. The van der Waals surface area contributed by atoms with Crippen LogP contribution in [-0.2, 0) is 6.54 Å². The number of aliphatic hydroxyl groups is 1. The summed E-state index contributed by atoms with van der Waals surface area (Å²) in [4.78, 5) is 2.29. The van der Waals surface area contributed by atoms with E-state index in [1.165, 1.54) is 25.7 Å². The minimum atomic E-state index is -0.722. The summed E-state index contributed by atoms with van der Waals surface area (Å²) in [5, 5.41) is 11.9. The maximum atomic E-state index is 11.3. The normalized spacial score (nSPS) is 12.7. The van der Waals surface area contributed by atoms with E-state index >= 15 is 0 Å². The number of nitrogens with zero attached hydrogens (tertiary/aromatic N) is 1. The first-order valence-corrected chi connectivity index (χ1v) is 15.0. The average molecular weight is 584 g/mol. The Morgan fingerprint density at radius 3 is 2.15 bits per heavy atom. The number of rotatable bonds is 18. The molecule has 0 bridgehead atoms. The molecule has 0 aliphatic rings. The summed E-state index contributed by atoms with van der Waals surface area (Å²) >= 11 is 6.24. The van der Waals surface area contributed by atoms with Gasteiger partial charge in [-0.1, -0.05) is 75.4 Å². The highest BCUT2D eigenvalue weighted by atomic mass is 35.5. The van der Waals surface area contributed by atoms with Crippen LogP contribution in [0.25, 0.3) is 0 Å². The molecule has 224 valence electrons. The Kier molecular flexibility index (Phi) is 13.6. The second-order valence-electron chi connectivity index (χ2n) is 10.3. The molecule has 0 radical (unpaired) electrons. The molecule has 3 aromatic rings. The largest absolute Gasteiger partial charge is 0.493 e. The highest BCUT2D eigenvalue weighted by Gasteiger charge is 2.24. The van der Waals surface area contributed by atoms with Gasteiger partial charge in [-0.3, -0.25) is 4.90 Å². The van der Waals surface area contributed by atoms with Crippen molar-refractivity contribution in [2.24, 2.45) is 0 Å². The minimum absolute atomic E-state index is 0.00804. The third-order valence-electron chi connectivity index (χ3n) is 7.38. The van der Waals surface area contributed by atoms with Crippen molar-refractivity contribution < 1.29 is 24.1 Å². The highest BCUT2D eigenvalue weighted by molar-refractivity contribution is 6.30. The molecule has 0 aromatic heterocycles. The lowest BCUT2D eigenvalue weighted by Gasteiger charge is -2.34. The molecule has 2 atom stereocenters. The molecule has 0 heterocycles. The van der Waals surface area contributed by atoms with E-state index in [1.54, 1.807) is 21.3 Å². The summed E-state index contributed by atoms with van der Waals surface area (Å²) < 4.78 is 22.9. The Balaban J connectivity index is 1.86. The van der Waals surface area contributed by atoms with Gasteiger partial charge in [0.05, 0.1) is 34.0 Å². The van der Waals surface area contributed by atoms with Crippen LogP contribution in [0, 0.1) is 0 Å². The summed E-state index contributed by atoms with van der Waals surface area (Å²) in [5.74, 6) is 2.83. The number of benzene rings is 3. The van der Waals surface area contributed by atoms with E-state index in [0.29, 0.717) is 42.0 Å². The number of hydrogen-bond donors (Lipinski definition) is 1. The van der Waals surface area contributed by atoms with Gasteiger partial charge in [0, 0.05) is 24.2 Å². The Labute approximate surface area is 251 Å². The fourth-order valence-electron chi connectivity index (χ4n) is 5.16. The predicted octanol–water partition coefficient (Wildman–Crippen LogP) is 8.40. The van der Waals surface area contributed by atoms with Gasteiger partial charge in [-0.2, -0.15) is 0 Å². The van der Waals surface area contributed by atoms with Gasteiger partial charge < -0.3 is 24.1 Å². The van der Waals surface area contributed by atoms with Crippen molar-refractivity contribution in [3.63, 3.8) is 0 Å². The quantitative estimate of drug-likeness (QED) is 0.152. The van der Waals surface area contributed by atoms with Gasteiger partial charge in [0.2, 0.25) is 0 Å². The van der Waals surface area contributed by atoms with Crippen LogP contribution >= 0.6 is 11.6 Å². The number of unbranched alkanes of at least 4 members (excludes halogenated alkanes) is 4. The van der Waals surface area contributed by atoms with Crippen molar-refractivity contribution in [3.8, 4) is 23.0 Å². The van der Waals surface area contributed by atoms with E-state index in [1.807, 2.05) is 48.5 Å². The van der Waals surface area contributed by atoms with Crippen LogP contribution in [0.4, 0.5) is 0 Å². The molecule has 0 saturated carbocycles. The summed E-state index contributed by atoms with van der Waals surface area (Å²) in [6.45, 7) is 6.05. The van der Waals surface area contributed by atoms with Crippen molar-refractivity contribution in [2.45, 2.75) is 71.1 Å². The lowest BCUT2D eigenvalue weighted by atomic mass is 9.99. The van der Waals surface area contributed by atoms with Crippen molar-refractivity contribution in [3.05, 3.63) is 82.4 Å². The minimum Gasteiger partial charge on any atom is -0.493 e. The summed E-state index contributed by atoms with van der Waals surface area (Å²) in [6, 6.07) is 19.5. The molecule has 0 saturated heterocycles. The zero-order chi connectivity index (χ0) is 29.6. The first-order valence-electron chi connectivity index (χ1n) is 14.6. The van der Waals surface area contributed by atoms with E-state index in [-0.39, 0.29) is 6.04 Å². The van der Waals surface area contributed by atoms with E-state index in [2.05, 4.69) is 30.9 Å². The highest BCUT2D eigenvalue weighted by Crippen LogP contribution is 2.36. The topological polar surface area (TPSA) is 60.4 Å². The zero-order valence-corrected chi connectivity index (χ0v) is 26.0. The Hall–Kier alpha value is -2.93. The van der Waals surface area contributed by atoms with Crippen molar-refractivity contribution in [2.75, 3.05) is 34.5 Å². The van der Waals surface area contributed by atoms with Gasteiger partial charge in [0.25, 0.3) is 0 Å². The molecule has 0 spiro atoms. The average Bonchev–Trinajstić information content (AvgIpc) is 2.99. The van der Waals surface area contributed by atoms with Gasteiger partial charge in [0.1, 0.15) is 0 Å². The van der Waals surface area contributed by atoms with Gasteiger partial charge in [-0.25, -0.2) is 0 Å². The van der Waals surface area contributed by atoms with Crippen molar-refractivity contribution >= 4 is 11.6 Å². The first-order chi connectivity index (χ1) is 19.9. The van der Waals surface area contributed by atoms with Crippen LogP contribution in [0.15, 0.2) is 60.7 Å². The zero-order valence-electron chi connectivity index (χ0n) is 25.2. The van der Waals surface area contributed by atoms with Gasteiger partial charge in [-0.05, 0) is 65.9 Å². The Bertz CT molecular complexity index is 1200. The lowest BCUT2D eigenvalue weighted by Crippen LogP contribution is -2.32. The lowest BCUT2D eigenvalue weighted by molar-refractivity contribution is 0.0790. The van der Waals surface area contributed by atoms with Crippen LogP contribution in [0.2, 0.25) is 5.02 Å². The van der Waals surface area contributed by atoms with Crippen LogP contribution in [0.1, 0.15) is 81.2 Å². The van der Waals surface area contributed by atoms with Gasteiger partial charge >= 0.3 is 0 Å². The van der Waals surface area contributed by atoms with Crippen molar-refractivity contribution in [1.29, 1.82) is 0 Å². The summed E-state index contributed by atoms with van der Waals surface area (Å²) in [6.07, 6.45) is 6.05. The molecule has 0 aliphatic carbocycles. The Morgan fingerprint density at radius 2 is 1.46 bits per heavy atom. The van der Waals surface area contributed by atoms with Crippen LogP contribution in [-0.4, -0.2) is 44.5 Å². The molecule has 6 nitrogen and oxygen atoms in total. The molecule has 3 rings (SSSR count). The van der Waals surface area contributed by atoms with Crippen LogP contribution < -0.4 is 18.9 Å². The molecule has 1 N–H and O–H groups in total. The SMILES string of the molecule is CCCCCCCOc1ccc(CN(CC(O)c2cccc(Cl)c2)[C@H](CC)c2ccc(OC)c(OC)c2)cc1OC. The number of ether oxygens (including phenoxy) is 4. The van der Waals surface area contributed by atoms with Gasteiger partial charge in [-0.15, -0.1) is 0 Å². The third kappa shape index (κ3) is 9.56. The van der Waals surface area contributed by atoms with E-state index < -0.39 is 6.10 Å². The number of hydrogen-bond acceptors (Lipinski definition) is 6. The molecule has 7 heteroatoms. The third-order valence-corrected chi connectivity index (χ3v) is 7.61. The number of halogens is 1. The first kappa shape index (κ1) is 32.6. The predicted molar refractivity (Wildman–Crippen MR) is 167 cm³/mol. The van der Waals surface area contributed by atoms with E-state index in [4.69, 9.17) is 30.5 Å². The molecule has 41 heavy (non-hydrogen) atoms. The summed E-state index contributed by atoms with van der Waals surface area (Å²) in [5.41, 5.74) is 2.93. The van der Waals surface area contributed by atoms with Gasteiger partial charge in [0.15, 0.2) is 23.0 Å². The smallest absolute Gasteiger partial charge is 0.161 e. The second-order valence-corrected chi connectivity index (χ2v) is 10.7. The molecule has 0 amide bonds. The molecular formula is C34H46ClNO5. The van der Waals surface area contributed by atoms with Crippen LogP contribution in [0.5, 0.6) is 23.0 Å². The number of methoxy groups -OCH3 is 3. The molecule has 0 aliphatic heterocycles. The molecule has 0 fully saturated rings. The number of aliphatic hydroxyl groups excluding tert-OH is 1. The standard InChI is InChI=1S/C34H46ClNO5/c1-6-8-9-10-11-19-41-32-17-15-25(20-33(32)39-4)23-36(24-30(37)27-13-12-14-28(35)21-27)29(7-2)26-16-18-31(38-3)34(22-26)40-5/h12-18,20-22,29-30,37H,6-11,19,23-24H2,1-5H3/t29-,30?/m1/s1. The Morgan fingerprint density at radius 1 is 0.756 bits per heavy atom. The maximum Gasteiger partial charge on any atom is 0.161 e. The maximum absolute atomic E-state index is 11.3. The van der Waals surface area contributed by atoms with Crippen molar-refractivity contribution in [1.82, 2.24) is 4.90 Å².